The van der Waals surface area contributed by atoms with Crippen LogP contribution in [0.5, 0.6) is 0 Å². The predicted octanol–water partition coefficient (Wildman–Crippen LogP) is 2.74. The standard InChI is InChI=1S/C21H23N3O4/c1-24(18(20(26)27)12-14-6-3-2-4-7-14)19(25)15-8-5-9-17(13-15)23-21(28)22-16-10-11-16/h2-9,13,16,18H,10-12H2,1H3,(H,26,27)(H2,22,23,28). The van der Waals surface area contributed by atoms with Crippen LogP contribution in [0.2, 0.25) is 0 Å². The molecule has 3 amide bonds. The van der Waals surface area contributed by atoms with E-state index in [0.29, 0.717) is 11.3 Å². The minimum atomic E-state index is -1.07. The number of hydrogen-bond acceptors (Lipinski definition) is 3. The minimum absolute atomic E-state index is 0.208. The van der Waals surface area contributed by atoms with Crippen molar-refractivity contribution in [1.82, 2.24) is 10.2 Å². The number of benzene rings is 2. The predicted molar refractivity (Wildman–Crippen MR) is 105 cm³/mol. The molecule has 1 atom stereocenters. The molecule has 0 bridgehead atoms. The van der Waals surface area contributed by atoms with Crippen LogP contribution >= 0.6 is 0 Å². The number of nitrogens with zero attached hydrogens (tertiary/aromatic N) is 1. The summed E-state index contributed by atoms with van der Waals surface area (Å²) >= 11 is 0. The number of carbonyl (C=O) groups is 3. The van der Waals surface area contributed by atoms with Crippen molar-refractivity contribution in [2.24, 2.45) is 0 Å². The Balaban J connectivity index is 1.70. The third-order valence-electron chi connectivity index (χ3n) is 4.62. The Kier molecular flexibility index (Phi) is 5.93. The molecule has 2 aromatic rings. The molecule has 0 heterocycles. The average Bonchev–Trinajstić information content (AvgIpc) is 3.49. The van der Waals surface area contributed by atoms with Gasteiger partial charge in [-0.2, -0.15) is 0 Å². The summed E-state index contributed by atoms with van der Waals surface area (Å²) < 4.78 is 0. The van der Waals surface area contributed by atoms with E-state index in [-0.39, 0.29) is 18.5 Å². The number of nitrogens with one attached hydrogen (secondary N) is 2. The Morgan fingerprint density at radius 2 is 1.82 bits per heavy atom. The molecule has 146 valence electrons. The van der Waals surface area contributed by atoms with E-state index in [0.717, 1.165) is 18.4 Å². The maximum absolute atomic E-state index is 12.8. The second-order valence-electron chi connectivity index (χ2n) is 6.91. The number of urea groups is 1. The molecular weight excluding hydrogens is 358 g/mol. The van der Waals surface area contributed by atoms with Crippen molar-refractivity contribution in [3.8, 4) is 0 Å². The maximum atomic E-state index is 12.8. The van der Waals surface area contributed by atoms with Crippen LogP contribution in [0.15, 0.2) is 54.6 Å². The van der Waals surface area contributed by atoms with E-state index < -0.39 is 17.9 Å². The molecule has 2 aromatic carbocycles. The van der Waals surface area contributed by atoms with Crippen LogP contribution in [0, 0.1) is 0 Å². The summed E-state index contributed by atoms with van der Waals surface area (Å²) in [5.41, 5.74) is 1.63. The van der Waals surface area contributed by atoms with Crippen LogP contribution in [-0.2, 0) is 11.2 Å². The highest BCUT2D eigenvalue weighted by atomic mass is 16.4. The summed E-state index contributed by atoms with van der Waals surface area (Å²) in [5, 5.41) is 15.1. The number of carbonyl (C=O) groups excluding carboxylic acids is 2. The Morgan fingerprint density at radius 3 is 2.46 bits per heavy atom. The summed E-state index contributed by atoms with van der Waals surface area (Å²) in [4.78, 5) is 37.7. The van der Waals surface area contributed by atoms with Gasteiger partial charge in [0.25, 0.3) is 5.91 Å². The van der Waals surface area contributed by atoms with Crippen molar-refractivity contribution in [2.45, 2.75) is 31.3 Å². The number of hydrogen-bond donors (Lipinski definition) is 3. The fraction of sp³-hybridized carbons (Fsp3) is 0.286. The second-order valence-corrected chi connectivity index (χ2v) is 6.91. The lowest BCUT2D eigenvalue weighted by Crippen LogP contribution is -2.43. The van der Waals surface area contributed by atoms with Gasteiger partial charge in [0.1, 0.15) is 6.04 Å². The summed E-state index contributed by atoms with van der Waals surface area (Å²) in [6.45, 7) is 0. The van der Waals surface area contributed by atoms with E-state index in [4.69, 9.17) is 0 Å². The lowest BCUT2D eigenvalue weighted by atomic mass is 10.0. The minimum Gasteiger partial charge on any atom is -0.480 e. The van der Waals surface area contributed by atoms with Crippen LogP contribution in [-0.4, -0.2) is 47.0 Å². The van der Waals surface area contributed by atoms with Gasteiger partial charge in [0.2, 0.25) is 0 Å². The molecule has 0 aromatic heterocycles. The number of aliphatic carboxylic acids is 1. The Labute approximate surface area is 163 Å². The zero-order valence-corrected chi connectivity index (χ0v) is 15.6. The van der Waals surface area contributed by atoms with E-state index in [9.17, 15) is 19.5 Å². The molecular formula is C21H23N3O4. The van der Waals surface area contributed by atoms with Gasteiger partial charge in [0.15, 0.2) is 0 Å². The zero-order valence-electron chi connectivity index (χ0n) is 15.6. The van der Waals surface area contributed by atoms with Crippen LogP contribution in [0.25, 0.3) is 0 Å². The van der Waals surface area contributed by atoms with Crippen LogP contribution in [0.1, 0.15) is 28.8 Å². The molecule has 1 aliphatic rings. The van der Waals surface area contributed by atoms with Crippen molar-refractivity contribution in [1.29, 1.82) is 0 Å². The summed E-state index contributed by atoms with van der Waals surface area (Å²) in [5.74, 6) is -1.49. The number of anilines is 1. The molecule has 0 aliphatic heterocycles. The first-order chi connectivity index (χ1) is 13.4. The Hall–Kier alpha value is -3.35. The SMILES string of the molecule is CN(C(=O)c1cccc(NC(=O)NC2CC2)c1)C(Cc1ccccc1)C(=O)O. The van der Waals surface area contributed by atoms with Crippen LogP contribution < -0.4 is 10.6 Å². The number of carboxylic acid groups (broad SMARTS) is 1. The first-order valence-corrected chi connectivity index (χ1v) is 9.15. The van der Waals surface area contributed by atoms with Gasteiger partial charge in [-0.25, -0.2) is 9.59 Å². The molecule has 0 radical (unpaired) electrons. The van der Waals surface area contributed by atoms with Crippen molar-refractivity contribution in [2.75, 3.05) is 12.4 Å². The molecule has 7 nitrogen and oxygen atoms in total. The van der Waals surface area contributed by atoms with Gasteiger partial charge in [-0.05, 0) is 36.6 Å². The van der Waals surface area contributed by atoms with Gasteiger partial charge in [-0.3, -0.25) is 4.79 Å². The van der Waals surface area contributed by atoms with Crippen LogP contribution in [0.4, 0.5) is 10.5 Å². The van der Waals surface area contributed by atoms with E-state index >= 15 is 0 Å². The number of carboxylic acids is 1. The summed E-state index contributed by atoms with van der Waals surface area (Å²) in [6.07, 6.45) is 2.17. The van der Waals surface area contributed by atoms with Gasteiger partial charge in [0.05, 0.1) is 0 Å². The first-order valence-electron chi connectivity index (χ1n) is 9.15. The Morgan fingerprint density at radius 1 is 1.11 bits per heavy atom. The zero-order chi connectivity index (χ0) is 20.1. The van der Waals surface area contributed by atoms with Crippen molar-refractivity contribution in [3.05, 3.63) is 65.7 Å². The van der Waals surface area contributed by atoms with Gasteiger partial charge < -0.3 is 20.6 Å². The molecule has 7 heteroatoms. The van der Waals surface area contributed by atoms with Crippen LogP contribution in [0.3, 0.4) is 0 Å². The highest BCUT2D eigenvalue weighted by Crippen LogP contribution is 2.19. The number of rotatable bonds is 7. The highest BCUT2D eigenvalue weighted by Gasteiger charge is 2.28. The number of amides is 3. The molecule has 1 saturated carbocycles. The smallest absolute Gasteiger partial charge is 0.326 e. The van der Waals surface area contributed by atoms with Gasteiger partial charge in [-0.15, -0.1) is 0 Å². The average molecular weight is 381 g/mol. The third-order valence-corrected chi connectivity index (χ3v) is 4.62. The first kappa shape index (κ1) is 19.4. The third kappa shape index (κ3) is 5.09. The molecule has 0 spiro atoms. The number of likely N-dealkylation sites (N-methyl/N-ethyl adjacent to an activating group) is 1. The molecule has 0 saturated heterocycles. The molecule has 3 rings (SSSR count). The van der Waals surface area contributed by atoms with Crippen molar-refractivity contribution in [3.63, 3.8) is 0 Å². The summed E-state index contributed by atoms with van der Waals surface area (Å²) in [7, 11) is 1.48. The topological polar surface area (TPSA) is 98.7 Å². The monoisotopic (exact) mass is 381 g/mol. The molecule has 3 N–H and O–H groups in total. The van der Waals surface area contributed by atoms with Gasteiger partial charge >= 0.3 is 12.0 Å². The van der Waals surface area contributed by atoms with Gasteiger partial charge in [-0.1, -0.05) is 36.4 Å². The normalized spacial score (nSPS) is 14.0. The highest BCUT2D eigenvalue weighted by molar-refractivity contribution is 5.98. The van der Waals surface area contributed by atoms with E-state index in [1.54, 1.807) is 24.3 Å². The van der Waals surface area contributed by atoms with E-state index in [2.05, 4.69) is 10.6 Å². The Bertz CT molecular complexity index is 865. The maximum Gasteiger partial charge on any atom is 0.326 e. The molecule has 1 aliphatic carbocycles. The molecule has 28 heavy (non-hydrogen) atoms. The lowest BCUT2D eigenvalue weighted by molar-refractivity contribution is -0.141. The fourth-order valence-corrected chi connectivity index (χ4v) is 2.88. The quantitative estimate of drug-likeness (QED) is 0.687. The largest absolute Gasteiger partial charge is 0.480 e. The van der Waals surface area contributed by atoms with Crippen molar-refractivity contribution >= 4 is 23.6 Å². The second kappa shape index (κ2) is 8.56. The van der Waals surface area contributed by atoms with E-state index in [1.165, 1.54) is 11.9 Å². The van der Waals surface area contributed by atoms with Crippen molar-refractivity contribution < 1.29 is 19.5 Å². The lowest BCUT2D eigenvalue weighted by Gasteiger charge is -2.25. The van der Waals surface area contributed by atoms with Gasteiger partial charge in [0, 0.05) is 30.8 Å². The molecule has 1 fully saturated rings. The molecule has 1 unspecified atom stereocenters. The van der Waals surface area contributed by atoms with E-state index in [1.807, 2.05) is 30.3 Å². The fourth-order valence-electron chi connectivity index (χ4n) is 2.88. The summed E-state index contributed by atoms with van der Waals surface area (Å²) in [6, 6.07) is 14.6.